The summed E-state index contributed by atoms with van der Waals surface area (Å²) in [4.78, 5) is 13.9. The standard InChI is InChI=1S/C15H19ClFNO2/c1-2-20-15(19)12-4-3-7-18(10-12)9-11-5-6-13(16)8-14(11)17/h5-6,8,12H,2-4,7,9-10H2,1H3/t12-/m1/s1. The number of piperidine rings is 1. The zero-order valence-corrected chi connectivity index (χ0v) is 12.3. The molecule has 1 aliphatic heterocycles. The van der Waals surface area contributed by atoms with E-state index in [1.165, 1.54) is 6.07 Å². The second-order valence-corrected chi connectivity index (χ2v) is 5.50. The molecule has 1 aliphatic rings. The molecule has 0 aliphatic carbocycles. The zero-order chi connectivity index (χ0) is 14.5. The van der Waals surface area contributed by atoms with Gasteiger partial charge in [0.1, 0.15) is 5.82 Å². The molecule has 1 atom stereocenters. The average Bonchev–Trinajstić information content (AvgIpc) is 2.43. The normalized spacial score (nSPS) is 19.9. The largest absolute Gasteiger partial charge is 0.466 e. The summed E-state index contributed by atoms with van der Waals surface area (Å²) in [6, 6.07) is 4.71. The molecule has 0 saturated carbocycles. The molecule has 1 aromatic rings. The maximum absolute atomic E-state index is 13.8. The second kappa shape index (κ2) is 7.04. The molecule has 1 fully saturated rings. The lowest BCUT2D eigenvalue weighted by Gasteiger charge is -2.31. The number of halogens is 2. The van der Waals surface area contributed by atoms with E-state index in [1.807, 2.05) is 6.92 Å². The monoisotopic (exact) mass is 299 g/mol. The summed E-state index contributed by atoms with van der Waals surface area (Å²) in [5.41, 5.74) is 0.610. The van der Waals surface area contributed by atoms with Crippen LogP contribution >= 0.6 is 11.6 Å². The molecule has 5 heteroatoms. The minimum atomic E-state index is -0.296. The highest BCUT2D eigenvalue weighted by atomic mass is 35.5. The van der Waals surface area contributed by atoms with Crippen LogP contribution in [0.1, 0.15) is 25.3 Å². The number of hydrogen-bond donors (Lipinski definition) is 0. The van der Waals surface area contributed by atoms with Gasteiger partial charge in [-0.1, -0.05) is 17.7 Å². The molecule has 0 N–H and O–H groups in total. The van der Waals surface area contributed by atoms with Crippen molar-refractivity contribution in [2.24, 2.45) is 5.92 Å². The fourth-order valence-electron chi connectivity index (χ4n) is 2.54. The zero-order valence-electron chi connectivity index (χ0n) is 11.6. The van der Waals surface area contributed by atoms with Crippen LogP contribution in [0.25, 0.3) is 0 Å². The molecule has 0 radical (unpaired) electrons. The Morgan fingerprint density at radius 2 is 2.35 bits per heavy atom. The molecule has 0 bridgehead atoms. The van der Waals surface area contributed by atoms with Crippen molar-refractivity contribution in [1.82, 2.24) is 4.90 Å². The molecule has 0 aromatic heterocycles. The molecule has 110 valence electrons. The molecule has 1 heterocycles. The Hall–Kier alpha value is -1.13. The van der Waals surface area contributed by atoms with Crippen LogP contribution in [0.15, 0.2) is 18.2 Å². The number of hydrogen-bond acceptors (Lipinski definition) is 3. The quantitative estimate of drug-likeness (QED) is 0.799. The Morgan fingerprint density at radius 3 is 3.05 bits per heavy atom. The highest BCUT2D eigenvalue weighted by Crippen LogP contribution is 2.22. The molecule has 0 amide bonds. The van der Waals surface area contributed by atoms with Crippen molar-refractivity contribution in [3.63, 3.8) is 0 Å². The van der Waals surface area contributed by atoms with Crippen LogP contribution in [0.3, 0.4) is 0 Å². The third kappa shape index (κ3) is 3.93. The fourth-order valence-corrected chi connectivity index (χ4v) is 2.70. The van der Waals surface area contributed by atoms with Gasteiger partial charge in [0, 0.05) is 23.7 Å². The Kier molecular flexibility index (Phi) is 5.38. The molecule has 20 heavy (non-hydrogen) atoms. The molecular weight excluding hydrogens is 281 g/mol. The lowest BCUT2D eigenvalue weighted by atomic mass is 9.97. The van der Waals surface area contributed by atoms with E-state index in [2.05, 4.69) is 4.90 Å². The number of benzene rings is 1. The van der Waals surface area contributed by atoms with Gasteiger partial charge >= 0.3 is 5.97 Å². The molecule has 3 nitrogen and oxygen atoms in total. The first-order valence-electron chi connectivity index (χ1n) is 6.93. The van der Waals surface area contributed by atoms with Gasteiger partial charge in [-0.05, 0) is 38.4 Å². The summed E-state index contributed by atoms with van der Waals surface area (Å²) in [6.07, 6.45) is 1.77. The Labute approximate surface area is 123 Å². The van der Waals surface area contributed by atoms with E-state index in [-0.39, 0.29) is 17.7 Å². The molecule has 0 spiro atoms. The van der Waals surface area contributed by atoms with Crippen molar-refractivity contribution in [2.45, 2.75) is 26.3 Å². The molecule has 2 rings (SSSR count). The van der Waals surface area contributed by atoms with Crippen LogP contribution in [0.2, 0.25) is 5.02 Å². The van der Waals surface area contributed by atoms with Gasteiger partial charge in [-0.25, -0.2) is 4.39 Å². The maximum Gasteiger partial charge on any atom is 0.310 e. The topological polar surface area (TPSA) is 29.5 Å². The first-order chi connectivity index (χ1) is 9.60. The van der Waals surface area contributed by atoms with E-state index in [0.29, 0.717) is 30.3 Å². The van der Waals surface area contributed by atoms with E-state index in [9.17, 15) is 9.18 Å². The minimum Gasteiger partial charge on any atom is -0.466 e. The number of likely N-dealkylation sites (tertiary alicyclic amines) is 1. The predicted molar refractivity (Wildman–Crippen MR) is 76.0 cm³/mol. The summed E-state index contributed by atoms with van der Waals surface area (Å²) in [7, 11) is 0. The number of rotatable bonds is 4. The summed E-state index contributed by atoms with van der Waals surface area (Å²) in [6.45, 7) is 4.21. The van der Waals surface area contributed by atoms with E-state index < -0.39 is 0 Å². The van der Waals surface area contributed by atoms with Gasteiger partial charge in [0.2, 0.25) is 0 Å². The third-order valence-electron chi connectivity index (χ3n) is 3.53. The van der Waals surface area contributed by atoms with Crippen LogP contribution in [0.4, 0.5) is 4.39 Å². The van der Waals surface area contributed by atoms with Crippen molar-refractivity contribution >= 4 is 17.6 Å². The van der Waals surface area contributed by atoms with Gasteiger partial charge in [0.05, 0.1) is 12.5 Å². The number of esters is 1. The molecule has 0 unspecified atom stereocenters. The van der Waals surface area contributed by atoms with Gasteiger partial charge in [-0.15, -0.1) is 0 Å². The highest BCUT2D eigenvalue weighted by molar-refractivity contribution is 6.30. The van der Waals surface area contributed by atoms with Crippen molar-refractivity contribution in [2.75, 3.05) is 19.7 Å². The Bertz CT molecular complexity index is 481. The van der Waals surface area contributed by atoms with E-state index in [0.717, 1.165) is 19.4 Å². The van der Waals surface area contributed by atoms with Crippen LogP contribution in [0.5, 0.6) is 0 Å². The molecule has 1 saturated heterocycles. The summed E-state index contributed by atoms with van der Waals surface area (Å²) >= 11 is 5.74. The van der Waals surface area contributed by atoms with E-state index in [4.69, 9.17) is 16.3 Å². The highest BCUT2D eigenvalue weighted by Gasteiger charge is 2.27. The average molecular weight is 300 g/mol. The number of carbonyl (C=O) groups excluding carboxylic acids is 1. The lowest BCUT2D eigenvalue weighted by molar-refractivity contribution is -0.150. The minimum absolute atomic E-state index is 0.0981. The molecule has 1 aromatic carbocycles. The van der Waals surface area contributed by atoms with Crippen LogP contribution in [-0.4, -0.2) is 30.6 Å². The Balaban J connectivity index is 1.97. The Morgan fingerprint density at radius 1 is 1.55 bits per heavy atom. The van der Waals surface area contributed by atoms with Gasteiger partial charge in [0.15, 0.2) is 0 Å². The number of ether oxygens (including phenoxy) is 1. The van der Waals surface area contributed by atoms with Crippen molar-refractivity contribution in [3.8, 4) is 0 Å². The lowest BCUT2D eigenvalue weighted by Crippen LogP contribution is -2.39. The van der Waals surface area contributed by atoms with Gasteiger partial charge in [0.25, 0.3) is 0 Å². The first-order valence-corrected chi connectivity index (χ1v) is 7.31. The third-order valence-corrected chi connectivity index (χ3v) is 3.77. The van der Waals surface area contributed by atoms with Gasteiger partial charge in [-0.3, -0.25) is 9.69 Å². The smallest absolute Gasteiger partial charge is 0.310 e. The van der Waals surface area contributed by atoms with Crippen molar-refractivity contribution < 1.29 is 13.9 Å². The molecular formula is C15H19ClFNO2. The SMILES string of the molecule is CCOC(=O)[C@@H]1CCCN(Cc2ccc(Cl)cc2F)C1. The predicted octanol–water partition coefficient (Wildman–Crippen LogP) is 3.25. The number of carbonyl (C=O) groups is 1. The summed E-state index contributed by atoms with van der Waals surface area (Å²) in [5, 5.41) is 0.397. The van der Waals surface area contributed by atoms with Crippen molar-refractivity contribution in [3.05, 3.63) is 34.6 Å². The maximum atomic E-state index is 13.8. The first kappa shape index (κ1) is 15.3. The van der Waals surface area contributed by atoms with Crippen LogP contribution in [0, 0.1) is 11.7 Å². The van der Waals surface area contributed by atoms with E-state index in [1.54, 1.807) is 12.1 Å². The van der Waals surface area contributed by atoms with Gasteiger partial charge in [-0.2, -0.15) is 0 Å². The van der Waals surface area contributed by atoms with Crippen LogP contribution < -0.4 is 0 Å². The summed E-state index contributed by atoms with van der Waals surface area (Å²) < 4.78 is 18.8. The van der Waals surface area contributed by atoms with Crippen molar-refractivity contribution in [1.29, 1.82) is 0 Å². The van der Waals surface area contributed by atoms with Crippen LogP contribution in [-0.2, 0) is 16.1 Å². The van der Waals surface area contributed by atoms with E-state index >= 15 is 0 Å². The fraction of sp³-hybridized carbons (Fsp3) is 0.533. The van der Waals surface area contributed by atoms with Gasteiger partial charge < -0.3 is 4.74 Å². The summed E-state index contributed by atoms with van der Waals surface area (Å²) in [5.74, 6) is -0.538. The second-order valence-electron chi connectivity index (χ2n) is 5.06. The number of nitrogens with zero attached hydrogens (tertiary/aromatic N) is 1.